The van der Waals surface area contributed by atoms with Crippen molar-refractivity contribution in [3.63, 3.8) is 0 Å². The molecule has 0 aliphatic carbocycles. The van der Waals surface area contributed by atoms with E-state index >= 15 is 0 Å². The van der Waals surface area contributed by atoms with Gasteiger partial charge in [0.25, 0.3) is 0 Å². The van der Waals surface area contributed by atoms with Crippen molar-refractivity contribution in [2.45, 2.75) is 91.7 Å². The van der Waals surface area contributed by atoms with Crippen LogP contribution in [0.15, 0.2) is 12.1 Å². The van der Waals surface area contributed by atoms with Gasteiger partial charge in [0.05, 0.1) is 0 Å². The number of hydrogen-bond donors (Lipinski definition) is 0. The summed E-state index contributed by atoms with van der Waals surface area (Å²) in [6.45, 7) is 24.9. The van der Waals surface area contributed by atoms with Gasteiger partial charge >= 0.3 is 18.9 Å². The van der Waals surface area contributed by atoms with Gasteiger partial charge in [-0.1, -0.05) is 98.7 Å². The van der Waals surface area contributed by atoms with Gasteiger partial charge in [0.1, 0.15) is 0 Å². The second-order valence-corrected chi connectivity index (χ2v) is 23.6. The Balaban J connectivity index is 0.00000576. The van der Waals surface area contributed by atoms with Crippen LogP contribution >= 0.6 is 19.3 Å². The Morgan fingerprint density at radius 3 is 1.36 bits per heavy atom. The minimum atomic E-state index is -1.31. The van der Waals surface area contributed by atoms with Crippen LogP contribution < -0.4 is 24.2 Å². The van der Waals surface area contributed by atoms with Gasteiger partial charge in [0, 0.05) is 0 Å². The Kier molecular flexibility index (Phi) is 8.72. The molecular formula is C21H38LiPSSi. The van der Waals surface area contributed by atoms with Gasteiger partial charge < -0.3 is 8.13 Å². The predicted molar refractivity (Wildman–Crippen MR) is 120 cm³/mol. The fraction of sp³-hybridized carbons (Fsp3) is 0.714. The van der Waals surface area contributed by atoms with Gasteiger partial charge in [-0.15, -0.1) is 0 Å². The van der Waals surface area contributed by atoms with Crippen molar-refractivity contribution < 1.29 is 18.9 Å². The van der Waals surface area contributed by atoms with E-state index in [4.69, 9.17) is 0 Å². The molecule has 25 heavy (non-hydrogen) atoms. The molecule has 1 aromatic carbocycles. The van der Waals surface area contributed by atoms with Gasteiger partial charge in [-0.2, -0.15) is 5.30 Å². The minimum absolute atomic E-state index is 0. The summed E-state index contributed by atoms with van der Waals surface area (Å²) in [4.78, 5) is 0. The van der Waals surface area contributed by atoms with Crippen LogP contribution in [0.4, 0.5) is 0 Å². The van der Waals surface area contributed by atoms with Crippen molar-refractivity contribution in [1.82, 2.24) is 0 Å². The standard InChI is InChI=1S/C21H38PSSi.Li/c1-19(2,3)15-13-16(20(4,5)6)18(22-24(11,12)23-10)17(14-15)21(7,8)9;/h13-14H,1-12H3;/q-1;+1. The first-order chi connectivity index (χ1) is 10.5. The third kappa shape index (κ3) is 7.05. The van der Waals surface area contributed by atoms with Crippen molar-refractivity contribution >= 4 is 31.5 Å². The normalized spacial score (nSPS) is 14.1. The van der Waals surface area contributed by atoms with Crippen LogP contribution in [0, 0.1) is 0 Å². The van der Waals surface area contributed by atoms with Gasteiger partial charge in [0.2, 0.25) is 0 Å². The molecule has 0 bridgehead atoms. The summed E-state index contributed by atoms with van der Waals surface area (Å²) in [6, 6.07) is 5.00. The summed E-state index contributed by atoms with van der Waals surface area (Å²) in [5, 5.41) is 1.61. The van der Waals surface area contributed by atoms with Crippen LogP contribution in [0.1, 0.15) is 79.0 Å². The molecule has 0 saturated heterocycles. The molecule has 1 rings (SSSR count). The largest absolute Gasteiger partial charge is 1.00 e. The zero-order valence-electron chi connectivity index (χ0n) is 19.0. The predicted octanol–water partition coefficient (Wildman–Crippen LogP) is 4.22. The zero-order chi connectivity index (χ0) is 19.1. The zero-order valence-corrected chi connectivity index (χ0v) is 21.7. The van der Waals surface area contributed by atoms with E-state index in [1.807, 2.05) is 0 Å². The molecule has 0 heterocycles. The van der Waals surface area contributed by atoms with E-state index in [9.17, 15) is 0 Å². The van der Waals surface area contributed by atoms with Crippen LogP contribution in [-0.2, 0) is 16.2 Å². The molecule has 0 unspecified atom stereocenters. The van der Waals surface area contributed by atoms with Crippen LogP contribution in [-0.4, -0.2) is 13.1 Å². The van der Waals surface area contributed by atoms with E-state index in [0.29, 0.717) is 0 Å². The van der Waals surface area contributed by atoms with Gasteiger partial charge in [-0.05, 0) is 35.0 Å². The molecule has 0 radical (unpaired) electrons. The summed E-state index contributed by atoms with van der Waals surface area (Å²) in [7, 11) is 1.57. The Hall–Kier alpha value is 0.814. The second kappa shape index (κ2) is 8.45. The molecule has 0 fully saturated rings. The van der Waals surface area contributed by atoms with Crippen molar-refractivity contribution in [2.24, 2.45) is 0 Å². The fourth-order valence-electron chi connectivity index (χ4n) is 2.65. The molecule has 0 nitrogen and oxygen atoms in total. The first kappa shape index (κ1) is 25.8. The average Bonchev–Trinajstić information content (AvgIpc) is 2.34. The Labute approximate surface area is 176 Å². The van der Waals surface area contributed by atoms with Crippen LogP contribution in [0.25, 0.3) is 0 Å². The van der Waals surface area contributed by atoms with Crippen molar-refractivity contribution in [3.8, 4) is 0 Å². The third-order valence-corrected chi connectivity index (χ3v) is 14.5. The molecule has 0 amide bonds. The second-order valence-electron chi connectivity index (χ2n) is 10.4. The maximum Gasteiger partial charge on any atom is 1.00 e. The first-order valence-corrected chi connectivity index (χ1v) is 15.6. The SMILES string of the molecule is CS[Si](C)(C)[P-]c1c(C(C)(C)C)cc(C(C)(C)C)cc1C(C)(C)C.[Li+]. The van der Waals surface area contributed by atoms with E-state index in [2.05, 4.69) is 105 Å². The topological polar surface area (TPSA) is 0 Å². The van der Waals surface area contributed by atoms with Crippen LogP contribution in [0.2, 0.25) is 13.1 Å². The van der Waals surface area contributed by atoms with Crippen molar-refractivity contribution in [1.29, 1.82) is 0 Å². The van der Waals surface area contributed by atoms with Crippen LogP contribution in [0.3, 0.4) is 0 Å². The molecule has 0 aliphatic heterocycles. The van der Waals surface area contributed by atoms with E-state index in [0.717, 1.165) is 0 Å². The van der Waals surface area contributed by atoms with Gasteiger partial charge in [-0.3, -0.25) is 0 Å². The molecule has 138 valence electrons. The molecule has 1 aromatic rings. The van der Waals surface area contributed by atoms with Gasteiger partial charge in [-0.25, -0.2) is 11.2 Å². The van der Waals surface area contributed by atoms with Crippen LogP contribution in [0.5, 0.6) is 0 Å². The minimum Gasteiger partial charge on any atom is -0.495 e. The average molecular weight is 389 g/mol. The van der Waals surface area contributed by atoms with E-state index in [1.54, 1.807) is 24.6 Å². The number of benzene rings is 1. The summed E-state index contributed by atoms with van der Waals surface area (Å²) >= 11 is 2.10. The molecule has 0 aliphatic rings. The molecule has 0 aromatic heterocycles. The van der Waals surface area contributed by atoms with Gasteiger partial charge in [0.15, 0.2) is 0 Å². The molecule has 0 atom stereocenters. The molecule has 0 N–H and O–H groups in total. The fourth-order valence-corrected chi connectivity index (χ4v) is 8.57. The molecular weight excluding hydrogens is 350 g/mol. The number of rotatable bonds is 3. The maximum atomic E-state index is 2.50. The summed E-state index contributed by atoms with van der Waals surface area (Å²) < 4.78 is 0. The molecule has 4 heteroatoms. The molecule has 0 saturated carbocycles. The maximum absolute atomic E-state index is 2.50. The van der Waals surface area contributed by atoms with E-state index in [-0.39, 0.29) is 35.1 Å². The first-order valence-electron chi connectivity index (χ1n) is 8.96. The van der Waals surface area contributed by atoms with E-state index < -0.39 is 6.89 Å². The monoisotopic (exact) mass is 388 g/mol. The molecule has 0 spiro atoms. The summed E-state index contributed by atoms with van der Waals surface area (Å²) in [6.07, 6.45) is 2.29. The summed E-state index contributed by atoms with van der Waals surface area (Å²) in [5.41, 5.74) is 5.10. The number of hydrogen-bond acceptors (Lipinski definition) is 1. The van der Waals surface area contributed by atoms with E-state index in [1.165, 1.54) is 5.56 Å². The smallest absolute Gasteiger partial charge is 0.495 e. The Morgan fingerprint density at radius 1 is 0.760 bits per heavy atom. The van der Waals surface area contributed by atoms with Crippen molar-refractivity contribution in [2.75, 3.05) is 6.26 Å². The third-order valence-electron chi connectivity index (χ3n) is 4.47. The summed E-state index contributed by atoms with van der Waals surface area (Å²) in [5.74, 6) is 0. The van der Waals surface area contributed by atoms with Crippen molar-refractivity contribution in [3.05, 3.63) is 28.8 Å². The Morgan fingerprint density at radius 2 is 1.12 bits per heavy atom. The Bertz CT molecular complexity index is 554. The quantitative estimate of drug-likeness (QED) is 0.552.